The Hall–Kier alpha value is -1.02. The van der Waals surface area contributed by atoms with E-state index in [9.17, 15) is 21.6 Å². The largest absolute Gasteiger partial charge is 0.418 e. The van der Waals surface area contributed by atoms with Crippen LogP contribution in [-0.4, -0.2) is 34.8 Å². The summed E-state index contributed by atoms with van der Waals surface area (Å²) in [6.07, 6.45) is -4.86. The normalized spacial score (nSPS) is 15.3. The Morgan fingerprint density at radius 1 is 1.30 bits per heavy atom. The molecule has 0 spiro atoms. The van der Waals surface area contributed by atoms with Gasteiger partial charge in [0.05, 0.1) is 10.5 Å². The van der Waals surface area contributed by atoms with Crippen molar-refractivity contribution in [1.29, 1.82) is 0 Å². The van der Waals surface area contributed by atoms with Gasteiger partial charge in [0.1, 0.15) is 0 Å². The first-order chi connectivity index (χ1) is 8.84. The molecule has 1 rings (SSSR count). The molecule has 1 heterocycles. The van der Waals surface area contributed by atoms with Crippen LogP contribution >= 0.6 is 0 Å². The maximum atomic E-state index is 12.3. The fourth-order valence-electron chi connectivity index (χ4n) is 1.48. The van der Waals surface area contributed by atoms with Gasteiger partial charge in [0.25, 0.3) is 0 Å². The molecule has 0 saturated heterocycles. The summed E-state index contributed by atoms with van der Waals surface area (Å²) in [5.41, 5.74) is -0.300. The summed E-state index contributed by atoms with van der Waals surface area (Å²) in [6.45, 7) is 4.74. The summed E-state index contributed by atoms with van der Waals surface area (Å²) >= 11 is 0. The molecule has 0 amide bonds. The number of hydrogen-bond acceptors (Lipinski definition) is 3. The molecule has 0 aliphatic carbocycles. The smallest absolute Gasteiger partial charge is 0.379 e. The average Bonchev–Trinajstić information content (AvgIpc) is 2.71. The molecular formula is C12H18F3NO3S. The first kappa shape index (κ1) is 17.0. The molecule has 1 N–H and O–H groups in total. The number of aryl methyl sites for hydroxylation is 1. The second kappa shape index (κ2) is 5.40. The quantitative estimate of drug-likeness (QED) is 0.928. The number of halogens is 3. The third kappa shape index (κ3) is 3.99. The highest BCUT2D eigenvalue weighted by Crippen LogP contribution is 2.32. The molecule has 0 fully saturated rings. The standard InChI is InChI=1S/C12H18F3NO3S/c1-11(2,3)20(18,19)7-6-16-5-4-9(8-16)10(17)12(13,14)15/h4-5,8,10,17H,6-7H2,1-3H3. The highest BCUT2D eigenvalue weighted by Gasteiger charge is 2.39. The fraction of sp³-hybridized carbons (Fsp3) is 0.667. The predicted octanol–water partition coefficient (Wildman–Crippen LogP) is 2.30. The zero-order valence-corrected chi connectivity index (χ0v) is 12.3. The highest BCUT2D eigenvalue weighted by atomic mass is 32.2. The van der Waals surface area contributed by atoms with Crippen molar-refractivity contribution in [2.45, 2.75) is 44.3 Å². The topological polar surface area (TPSA) is 59.3 Å². The predicted molar refractivity (Wildman–Crippen MR) is 69.0 cm³/mol. The van der Waals surface area contributed by atoms with Gasteiger partial charge in [0.15, 0.2) is 15.9 Å². The summed E-state index contributed by atoms with van der Waals surface area (Å²) in [4.78, 5) is 0. The first-order valence-corrected chi connectivity index (χ1v) is 7.62. The fourth-order valence-corrected chi connectivity index (χ4v) is 2.54. The van der Waals surface area contributed by atoms with Gasteiger partial charge in [-0.1, -0.05) is 0 Å². The van der Waals surface area contributed by atoms with E-state index in [0.29, 0.717) is 0 Å². The van der Waals surface area contributed by atoms with Crippen molar-refractivity contribution in [2.24, 2.45) is 0 Å². The molecule has 1 aromatic heterocycles. The minimum Gasteiger partial charge on any atom is -0.379 e. The number of aliphatic hydroxyl groups excluding tert-OH is 1. The van der Waals surface area contributed by atoms with Crippen molar-refractivity contribution in [3.05, 3.63) is 24.0 Å². The molecule has 0 aliphatic heterocycles. The number of alkyl halides is 3. The summed E-state index contributed by atoms with van der Waals surface area (Å²) < 4.78 is 61.1. The van der Waals surface area contributed by atoms with Crippen LogP contribution in [-0.2, 0) is 16.4 Å². The van der Waals surface area contributed by atoms with E-state index in [1.807, 2.05) is 0 Å². The van der Waals surface area contributed by atoms with Crippen molar-refractivity contribution in [3.8, 4) is 0 Å². The van der Waals surface area contributed by atoms with Gasteiger partial charge < -0.3 is 9.67 Å². The lowest BCUT2D eigenvalue weighted by Gasteiger charge is -2.19. The SMILES string of the molecule is CC(C)(C)S(=O)(=O)CCn1ccc(C(O)C(F)(F)F)c1. The Morgan fingerprint density at radius 3 is 2.30 bits per heavy atom. The second-order valence-corrected chi connectivity index (χ2v) is 8.42. The monoisotopic (exact) mass is 313 g/mol. The lowest BCUT2D eigenvalue weighted by molar-refractivity contribution is -0.206. The van der Waals surface area contributed by atoms with E-state index in [1.165, 1.54) is 10.8 Å². The van der Waals surface area contributed by atoms with Gasteiger partial charge in [0.2, 0.25) is 0 Å². The van der Waals surface area contributed by atoms with E-state index in [4.69, 9.17) is 5.11 Å². The minimum absolute atomic E-state index is 0.0458. The van der Waals surface area contributed by atoms with E-state index < -0.39 is 26.9 Å². The maximum absolute atomic E-state index is 12.3. The third-order valence-corrected chi connectivity index (χ3v) is 5.54. The number of aliphatic hydroxyl groups is 1. The van der Waals surface area contributed by atoms with E-state index in [2.05, 4.69) is 0 Å². The number of rotatable bonds is 4. The van der Waals surface area contributed by atoms with Crippen LogP contribution in [0.5, 0.6) is 0 Å². The van der Waals surface area contributed by atoms with E-state index in [0.717, 1.165) is 12.3 Å². The average molecular weight is 313 g/mol. The molecule has 1 unspecified atom stereocenters. The van der Waals surface area contributed by atoms with Crippen molar-refractivity contribution in [2.75, 3.05) is 5.75 Å². The number of sulfone groups is 1. The van der Waals surface area contributed by atoms with E-state index in [1.54, 1.807) is 20.8 Å². The Morgan fingerprint density at radius 2 is 1.85 bits per heavy atom. The van der Waals surface area contributed by atoms with Gasteiger partial charge in [-0.25, -0.2) is 8.42 Å². The number of nitrogens with zero attached hydrogens (tertiary/aromatic N) is 1. The zero-order chi connectivity index (χ0) is 15.8. The summed E-state index contributed by atoms with van der Waals surface area (Å²) in [5.74, 6) is -0.174. The first-order valence-electron chi connectivity index (χ1n) is 5.97. The van der Waals surface area contributed by atoms with Crippen molar-refractivity contribution < 1.29 is 26.7 Å². The molecule has 0 radical (unpaired) electrons. The molecule has 0 saturated carbocycles. The van der Waals surface area contributed by atoms with Crippen LogP contribution in [0.3, 0.4) is 0 Å². The molecule has 4 nitrogen and oxygen atoms in total. The summed E-state index contributed by atoms with van der Waals surface area (Å²) in [6, 6.07) is 1.13. The molecule has 0 bridgehead atoms. The van der Waals surface area contributed by atoms with Crippen molar-refractivity contribution in [3.63, 3.8) is 0 Å². The van der Waals surface area contributed by atoms with Crippen LogP contribution < -0.4 is 0 Å². The highest BCUT2D eigenvalue weighted by molar-refractivity contribution is 7.92. The summed E-state index contributed by atoms with van der Waals surface area (Å²) in [5, 5.41) is 9.07. The number of aromatic nitrogens is 1. The molecule has 1 atom stereocenters. The van der Waals surface area contributed by atoms with Crippen LogP contribution in [0.15, 0.2) is 18.5 Å². The zero-order valence-electron chi connectivity index (χ0n) is 11.5. The molecule has 1 aromatic rings. The Kier molecular flexibility index (Phi) is 4.60. The Bertz CT molecular complexity index is 555. The Balaban J connectivity index is 2.76. The maximum Gasteiger partial charge on any atom is 0.418 e. The van der Waals surface area contributed by atoms with E-state index in [-0.39, 0.29) is 17.9 Å². The van der Waals surface area contributed by atoms with Crippen LogP contribution in [0.4, 0.5) is 13.2 Å². The Labute approximate surface area is 116 Å². The molecular weight excluding hydrogens is 295 g/mol. The molecule has 20 heavy (non-hydrogen) atoms. The number of hydrogen-bond donors (Lipinski definition) is 1. The van der Waals surface area contributed by atoms with Crippen LogP contribution in [0.2, 0.25) is 0 Å². The molecule has 116 valence electrons. The molecule has 0 aromatic carbocycles. The summed E-state index contributed by atoms with van der Waals surface area (Å²) in [7, 11) is -3.34. The van der Waals surface area contributed by atoms with Crippen LogP contribution in [0.1, 0.15) is 32.4 Å². The van der Waals surface area contributed by atoms with Gasteiger partial charge in [-0.3, -0.25) is 0 Å². The van der Waals surface area contributed by atoms with E-state index >= 15 is 0 Å². The van der Waals surface area contributed by atoms with Gasteiger partial charge in [-0.15, -0.1) is 0 Å². The minimum atomic E-state index is -4.73. The third-order valence-electron chi connectivity index (χ3n) is 2.95. The second-order valence-electron chi connectivity index (χ2n) is 5.56. The lowest BCUT2D eigenvalue weighted by Crippen LogP contribution is -2.31. The van der Waals surface area contributed by atoms with Crippen molar-refractivity contribution >= 4 is 9.84 Å². The van der Waals surface area contributed by atoms with Crippen molar-refractivity contribution in [1.82, 2.24) is 4.57 Å². The van der Waals surface area contributed by atoms with Gasteiger partial charge in [-0.2, -0.15) is 13.2 Å². The van der Waals surface area contributed by atoms with Gasteiger partial charge in [0, 0.05) is 24.5 Å². The molecule has 0 aliphatic rings. The van der Waals surface area contributed by atoms with Gasteiger partial charge >= 0.3 is 6.18 Å². The lowest BCUT2D eigenvalue weighted by atomic mass is 10.2. The van der Waals surface area contributed by atoms with Crippen LogP contribution in [0, 0.1) is 0 Å². The molecule has 8 heteroatoms. The van der Waals surface area contributed by atoms with Crippen LogP contribution in [0.25, 0.3) is 0 Å². The van der Waals surface area contributed by atoms with Gasteiger partial charge in [-0.05, 0) is 26.8 Å².